The first kappa shape index (κ1) is 9.71. The Morgan fingerprint density at radius 2 is 2.14 bits per heavy atom. The molecule has 0 fully saturated rings. The Bertz CT molecular complexity index is 374. The molecule has 0 saturated heterocycles. The van der Waals surface area contributed by atoms with E-state index >= 15 is 0 Å². The van der Waals surface area contributed by atoms with Gasteiger partial charge in [-0.3, -0.25) is 4.79 Å². The first-order valence-electron chi connectivity index (χ1n) is 4.59. The van der Waals surface area contributed by atoms with Crippen molar-refractivity contribution >= 4 is 21.9 Å². The second-order valence-corrected chi connectivity index (χ2v) is 4.47. The molecule has 1 aromatic rings. The Morgan fingerprint density at radius 3 is 2.86 bits per heavy atom. The van der Waals surface area contributed by atoms with E-state index in [4.69, 9.17) is 4.74 Å². The van der Waals surface area contributed by atoms with Gasteiger partial charge in [0.2, 0.25) is 0 Å². The van der Waals surface area contributed by atoms with Gasteiger partial charge in [-0.25, -0.2) is 0 Å². The van der Waals surface area contributed by atoms with Crippen LogP contribution < -0.4 is 0 Å². The Balaban J connectivity index is 2.14. The summed E-state index contributed by atoms with van der Waals surface area (Å²) in [6, 6.07) is 6.21. The Morgan fingerprint density at radius 1 is 1.43 bits per heavy atom. The molecule has 2 nitrogen and oxygen atoms in total. The van der Waals surface area contributed by atoms with Gasteiger partial charge in [0.15, 0.2) is 0 Å². The number of carbonyl (C=O) groups is 1. The van der Waals surface area contributed by atoms with Crippen molar-refractivity contribution in [2.45, 2.75) is 25.9 Å². The summed E-state index contributed by atoms with van der Waals surface area (Å²) in [5, 5.41) is 0. The van der Waals surface area contributed by atoms with Gasteiger partial charge < -0.3 is 4.74 Å². The zero-order valence-corrected chi connectivity index (χ0v) is 9.50. The lowest BCUT2D eigenvalue weighted by molar-refractivity contribution is -0.145. The SMILES string of the molecule is CC(=O)O[C@@H]1Cc2ccc(Br)cc2C1. The van der Waals surface area contributed by atoms with E-state index in [0.29, 0.717) is 0 Å². The predicted octanol–water partition coefficient (Wildman–Crippen LogP) is 2.48. The summed E-state index contributed by atoms with van der Waals surface area (Å²) in [7, 11) is 0. The van der Waals surface area contributed by atoms with Gasteiger partial charge in [-0.05, 0) is 23.3 Å². The monoisotopic (exact) mass is 254 g/mol. The van der Waals surface area contributed by atoms with E-state index in [2.05, 4.69) is 28.1 Å². The van der Waals surface area contributed by atoms with Crippen LogP contribution in [-0.4, -0.2) is 12.1 Å². The molecule has 74 valence electrons. The third-order valence-electron chi connectivity index (χ3n) is 2.40. The van der Waals surface area contributed by atoms with Crippen molar-refractivity contribution in [3.8, 4) is 0 Å². The van der Waals surface area contributed by atoms with Crippen LogP contribution in [0, 0.1) is 0 Å². The quantitative estimate of drug-likeness (QED) is 0.720. The van der Waals surface area contributed by atoms with Gasteiger partial charge in [-0.1, -0.05) is 22.0 Å². The summed E-state index contributed by atoms with van der Waals surface area (Å²) in [5.41, 5.74) is 2.57. The second-order valence-electron chi connectivity index (χ2n) is 3.55. The molecule has 0 aromatic heterocycles. The highest BCUT2D eigenvalue weighted by Crippen LogP contribution is 2.27. The third kappa shape index (κ3) is 1.98. The minimum Gasteiger partial charge on any atom is -0.462 e. The molecule has 14 heavy (non-hydrogen) atoms. The van der Waals surface area contributed by atoms with Gasteiger partial charge in [0.1, 0.15) is 6.10 Å². The fraction of sp³-hybridized carbons (Fsp3) is 0.364. The molecule has 0 radical (unpaired) electrons. The molecule has 2 rings (SSSR count). The summed E-state index contributed by atoms with van der Waals surface area (Å²) < 4.78 is 6.26. The van der Waals surface area contributed by atoms with E-state index in [1.165, 1.54) is 18.1 Å². The zero-order chi connectivity index (χ0) is 10.1. The smallest absolute Gasteiger partial charge is 0.302 e. The molecule has 0 N–H and O–H groups in total. The normalized spacial score (nSPS) is 19.1. The molecule has 1 aromatic carbocycles. The van der Waals surface area contributed by atoms with Crippen molar-refractivity contribution in [2.24, 2.45) is 0 Å². The first-order chi connectivity index (χ1) is 6.65. The summed E-state index contributed by atoms with van der Waals surface area (Å²) in [6.45, 7) is 1.46. The van der Waals surface area contributed by atoms with E-state index in [-0.39, 0.29) is 12.1 Å². The van der Waals surface area contributed by atoms with Gasteiger partial charge in [0.25, 0.3) is 0 Å². The molecule has 1 aliphatic carbocycles. The highest BCUT2D eigenvalue weighted by atomic mass is 79.9. The second kappa shape index (κ2) is 3.73. The fourth-order valence-electron chi connectivity index (χ4n) is 1.86. The predicted molar refractivity (Wildman–Crippen MR) is 57.1 cm³/mol. The van der Waals surface area contributed by atoms with Crippen LogP contribution in [0.15, 0.2) is 22.7 Å². The number of benzene rings is 1. The van der Waals surface area contributed by atoms with Gasteiger partial charge in [-0.2, -0.15) is 0 Å². The summed E-state index contributed by atoms with van der Waals surface area (Å²) in [5.74, 6) is -0.193. The number of carbonyl (C=O) groups excluding carboxylic acids is 1. The molecule has 0 unspecified atom stereocenters. The van der Waals surface area contributed by atoms with Crippen molar-refractivity contribution in [3.63, 3.8) is 0 Å². The maximum absolute atomic E-state index is 10.8. The molecule has 0 saturated carbocycles. The Labute approximate surface area is 91.4 Å². The standard InChI is InChI=1S/C11H11BrO2/c1-7(13)14-11-5-8-2-3-10(12)4-9(8)6-11/h2-4,11H,5-6H2,1H3/t11-/m1/s1. The fourth-order valence-corrected chi connectivity index (χ4v) is 2.27. The first-order valence-corrected chi connectivity index (χ1v) is 5.39. The van der Waals surface area contributed by atoms with E-state index < -0.39 is 0 Å². The lowest BCUT2D eigenvalue weighted by Crippen LogP contribution is -2.15. The topological polar surface area (TPSA) is 26.3 Å². The molecule has 0 spiro atoms. The van der Waals surface area contributed by atoms with Gasteiger partial charge >= 0.3 is 5.97 Å². The number of ether oxygens (including phenoxy) is 1. The van der Waals surface area contributed by atoms with Crippen molar-refractivity contribution in [3.05, 3.63) is 33.8 Å². The van der Waals surface area contributed by atoms with Gasteiger partial charge in [0.05, 0.1) is 0 Å². The number of hydrogen-bond acceptors (Lipinski definition) is 2. The van der Waals surface area contributed by atoms with Gasteiger partial charge in [-0.15, -0.1) is 0 Å². The molecular weight excluding hydrogens is 244 g/mol. The van der Waals surface area contributed by atoms with Crippen LogP contribution in [-0.2, 0) is 22.4 Å². The highest BCUT2D eigenvalue weighted by molar-refractivity contribution is 9.10. The van der Waals surface area contributed by atoms with E-state index in [0.717, 1.165) is 17.3 Å². The van der Waals surface area contributed by atoms with Crippen LogP contribution in [0.5, 0.6) is 0 Å². The van der Waals surface area contributed by atoms with Crippen LogP contribution in [0.2, 0.25) is 0 Å². The van der Waals surface area contributed by atoms with E-state index in [1.54, 1.807) is 0 Å². The molecule has 0 amide bonds. The largest absolute Gasteiger partial charge is 0.462 e. The van der Waals surface area contributed by atoms with Crippen molar-refractivity contribution in [1.82, 2.24) is 0 Å². The van der Waals surface area contributed by atoms with Gasteiger partial charge in [0, 0.05) is 24.2 Å². The molecule has 0 heterocycles. The molecule has 1 atom stereocenters. The number of halogens is 1. The van der Waals surface area contributed by atoms with Crippen LogP contribution in [0.1, 0.15) is 18.1 Å². The minimum absolute atomic E-state index is 0.0387. The average Bonchev–Trinajstić information content (AvgIpc) is 2.44. The Hall–Kier alpha value is -0.830. The van der Waals surface area contributed by atoms with Crippen LogP contribution in [0.3, 0.4) is 0 Å². The molecule has 0 bridgehead atoms. The average molecular weight is 255 g/mol. The summed E-state index contributed by atoms with van der Waals surface area (Å²) in [6.07, 6.45) is 1.73. The van der Waals surface area contributed by atoms with Crippen molar-refractivity contribution in [1.29, 1.82) is 0 Å². The van der Waals surface area contributed by atoms with Crippen LogP contribution in [0.25, 0.3) is 0 Å². The lowest BCUT2D eigenvalue weighted by Gasteiger charge is -2.08. The summed E-state index contributed by atoms with van der Waals surface area (Å²) >= 11 is 3.43. The van der Waals surface area contributed by atoms with Crippen LogP contribution >= 0.6 is 15.9 Å². The minimum atomic E-state index is -0.193. The third-order valence-corrected chi connectivity index (χ3v) is 2.89. The van der Waals surface area contributed by atoms with Crippen molar-refractivity contribution < 1.29 is 9.53 Å². The number of hydrogen-bond donors (Lipinski definition) is 0. The van der Waals surface area contributed by atoms with Crippen molar-refractivity contribution in [2.75, 3.05) is 0 Å². The maximum Gasteiger partial charge on any atom is 0.302 e. The molecular formula is C11H11BrO2. The van der Waals surface area contributed by atoms with E-state index in [9.17, 15) is 4.79 Å². The Kier molecular flexibility index (Phi) is 2.59. The molecule has 3 heteroatoms. The lowest BCUT2D eigenvalue weighted by atomic mass is 10.1. The molecule has 0 aliphatic heterocycles. The number of esters is 1. The number of fused-ring (bicyclic) bond motifs is 1. The summed E-state index contributed by atoms with van der Waals surface area (Å²) in [4.78, 5) is 10.8. The zero-order valence-electron chi connectivity index (χ0n) is 7.92. The highest BCUT2D eigenvalue weighted by Gasteiger charge is 2.23. The maximum atomic E-state index is 10.8. The molecule has 1 aliphatic rings. The number of rotatable bonds is 1. The van der Waals surface area contributed by atoms with Crippen LogP contribution in [0.4, 0.5) is 0 Å². The van der Waals surface area contributed by atoms with E-state index in [1.807, 2.05) is 6.07 Å².